The maximum Gasteiger partial charge on any atom is 0.232 e. The zero-order valence-electron chi connectivity index (χ0n) is 13.6. The van der Waals surface area contributed by atoms with Crippen molar-refractivity contribution in [1.82, 2.24) is 14.3 Å². The number of ether oxygens (including phenoxy) is 2. The first-order valence-corrected chi connectivity index (χ1v) is 9.60. The van der Waals surface area contributed by atoms with Crippen LogP contribution in [0, 0.1) is 6.92 Å². The molecule has 3 heterocycles. The average Bonchev–Trinajstić information content (AvgIpc) is 2.45. The fourth-order valence-corrected chi connectivity index (χ4v) is 4.79. The summed E-state index contributed by atoms with van der Waals surface area (Å²) in [6.07, 6.45) is 5.36. The van der Waals surface area contributed by atoms with Gasteiger partial charge in [0, 0.05) is 32.1 Å². The molecule has 23 heavy (non-hydrogen) atoms. The van der Waals surface area contributed by atoms with Crippen LogP contribution >= 0.6 is 0 Å². The van der Waals surface area contributed by atoms with Gasteiger partial charge in [0.05, 0.1) is 29.9 Å². The zero-order chi connectivity index (χ0) is 16.5. The van der Waals surface area contributed by atoms with Crippen LogP contribution in [0.3, 0.4) is 0 Å². The van der Waals surface area contributed by atoms with Crippen LogP contribution in [-0.4, -0.2) is 59.8 Å². The van der Waals surface area contributed by atoms with Crippen molar-refractivity contribution in [2.75, 3.05) is 25.4 Å². The lowest BCUT2D eigenvalue weighted by Crippen LogP contribution is -2.67. The minimum Gasteiger partial charge on any atom is -0.473 e. The Kier molecular flexibility index (Phi) is 4.57. The molecule has 0 N–H and O–H groups in total. The first-order valence-electron chi connectivity index (χ1n) is 7.99. The quantitative estimate of drug-likeness (QED) is 0.799. The molecule has 1 spiro atoms. The van der Waals surface area contributed by atoms with E-state index in [0.29, 0.717) is 38.4 Å². The number of nitrogens with zero attached hydrogens (tertiary/aromatic N) is 3. The highest BCUT2D eigenvalue weighted by molar-refractivity contribution is 7.89. The van der Waals surface area contributed by atoms with Crippen molar-refractivity contribution in [3.63, 3.8) is 0 Å². The van der Waals surface area contributed by atoms with Crippen LogP contribution < -0.4 is 4.74 Å². The molecular weight excluding hydrogens is 318 g/mol. The molecule has 2 aliphatic rings. The molecule has 3 rings (SSSR count). The molecule has 0 unspecified atom stereocenters. The van der Waals surface area contributed by atoms with Gasteiger partial charge in [-0.3, -0.25) is 4.98 Å². The molecule has 8 heteroatoms. The Hall–Kier alpha value is -1.25. The third kappa shape index (κ3) is 3.64. The number of hydrogen-bond donors (Lipinski definition) is 0. The highest BCUT2D eigenvalue weighted by Crippen LogP contribution is 2.37. The van der Waals surface area contributed by atoms with E-state index in [2.05, 4.69) is 9.97 Å². The Morgan fingerprint density at radius 1 is 1.43 bits per heavy atom. The van der Waals surface area contributed by atoms with E-state index in [1.807, 2.05) is 13.8 Å². The maximum atomic E-state index is 12.1. The second kappa shape index (κ2) is 6.33. The molecule has 2 aliphatic heterocycles. The molecule has 0 aliphatic carbocycles. The van der Waals surface area contributed by atoms with Gasteiger partial charge in [0.2, 0.25) is 15.9 Å². The number of aryl methyl sites for hydroxylation is 1. The minimum absolute atomic E-state index is 0.0177. The Morgan fingerprint density at radius 2 is 2.22 bits per heavy atom. The predicted molar refractivity (Wildman–Crippen MR) is 84.8 cm³/mol. The van der Waals surface area contributed by atoms with Crippen LogP contribution in [-0.2, 0) is 14.8 Å². The number of sulfonamides is 1. The predicted octanol–water partition coefficient (Wildman–Crippen LogP) is 1.14. The van der Waals surface area contributed by atoms with Crippen LogP contribution in [0.4, 0.5) is 0 Å². The normalized spacial score (nSPS) is 24.3. The van der Waals surface area contributed by atoms with Crippen molar-refractivity contribution in [2.45, 2.75) is 44.8 Å². The standard InChI is InChI=1S/C15H23N3O4S/c1-3-6-23(19,20)18-10-15(11-18)7-13(4-5-21-15)22-14-9-16-8-12(2)17-14/h8-9,13H,3-7,10-11H2,1-2H3/t13-/m1/s1. The second-order valence-electron chi connectivity index (χ2n) is 6.35. The van der Waals surface area contributed by atoms with Gasteiger partial charge in [0.1, 0.15) is 6.10 Å². The molecule has 0 saturated carbocycles. The third-order valence-electron chi connectivity index (χ3n) is 4.25. The van der Waals surface area contributed by atoms with Gasteiger partial charge in [-0.15, -0.1) is 0 Å². The molecule has 2 saturated heterocycles. The van der Waals surface area contributed by atoms with E-state index in [1.165, 1.54) is 4.31 Å². The molecule has 1 aromatic rings. The van der Waals surface area contributed by atoms with E-state index in [9.17, 15) is 8.42 Å². The molecule has 0 radical (unpaired) electrons. The Morgan fingerprint density at radius 3 is 2.91 bits per heavy atom. The summed E-state index contributed by atoms with van der Waals surface area (Å²) in [5, 5.41) is 0. The van der Waals surface area contributed by atoms with Gasteiger partial charge < -0.3 is 9.47 Å². The number of hydrogen-bond acceptors (Lipinski definition) is 6. The average molecular weight is 341 g/mol. The van der Waals surface area contributed by atoms with Crippen molar-refractivity contribution < 1.29 is 17.9 Å². The van der Waals surface area contributed by atoms with Crippen molar-refractivity contribution in [3.8, 4) is 5.88 Å². The van der Waals surface area contributed by atoms with Gasteiger partial charge in [-0.2, -0.15) is 4.31 Å². The number of aromatic nitrogens is 2. The molecule has 0 aromatic carbocycles. The van der Waals surface area contributed by atoms with Gasteiger partial charge in [-0.05, 0) is 13.3 Å². The molecular formula is C15H23N3O4S. The Bertz CT molecular complexity index is 658. The lowest BCUT2D eigenvalue weighted by Gasteiger charge is -2.51. The summed E-state index contributed by atoms with van der Waals surface area (Å²) >= 11 is 0. The topological polar surface area (TPSA) is 81.6 Å². The number of rotatable bonds is 5. The van der Waals surface area contributed by atoms with Crippen molar-refractivity contribution in [2.24, 2.45) is 0 Å². The monoisotopic (exact) mass is 341 g/mol. The van der Waals surface area contributed by atoms with Crippen molar-refractivity contribution in [1.29, 1.82) is 0 Å². The smallest absolute Gasteiger partial charge is 0.232 e. The van der Waals surface area contributed by atoms with E-state index >= 15 is 0 Å². The zero-order valence-corrected chi connectivity index (χ0v) is 14.4. The molecule has 128 valence electrons. The Labute approximate surface area is 137 Å². The van der Waals surface area contributed by atoms with Crippen molar-refractivity contribution in [3.05, 3.63) is 18.1 Å². The summed E-state index contributed by atoms with van der Waals surface area (Å²) in [5.74, 6) is 0.712. The molecule has 0 amide bonds. The highest BCUT2D eigenvalue weighted by Gasteiger charge is 2.51. The van der Waals surface area contributed by atoms with Crippen LogP contribution in [0.2, 0.25) is 0 Å². The molecule has 7 nitrogen and oxygen atoms in total. The van der Waals surface area contributed by atoms with Gasteiger partial charge in [0.25, 0.3) is 0 Å². The fourth-order valence-electron chi connectivity index (χ4n) is 3.15. The van der Waals surface area contributed by atoms with E-state index in [1.54, 1.807) is 12.4 Å². The summed E-state index contributed by atoms with van der Waals surface area (Å²) in [6, 6.07) is 0. The summed E-state index contributed by atoms with van der Waals surface area (Å²) in [4.78, 5) is 8.38. The SMILES string of the molecule is CCCS(=O)(=O)N1CC2(C[C@H](Oc3cncc(C)n3)CCO2)C1. The lowest BCUT2D eigenvalue weighted by atomic mass is 9.86. The minimum atomic E-state index is -3.14. The van der Waals surface area contributed by atoms with E-state index in [4.69, 9.17) is 9.47 Å². The fraction of sp³-hybridized carbons (Fsp3) is 0.733. The maximum absolute atomic E-state index is 12.1. The summed E-state index contributed by atoms with van der Waals surface area (Å²) in [5.41, 5.74) is 0.408. The molecule has 0 bridgehead atoms. The molecule has 1 aromatic heterocycles. The van der Waals surface area contributed by atoms with Crippen LogP contribution in [0.15, 0.2) is 12.4 Å². The van der Waals surface area contributed by atoms with E-state index in [-0.39, 0.29) is 11.9 Å². The highest BCUT2D eigenvalue weighted by atomic mass is 32.2. The van der Waals surface area contributed by atoms with Gasteiger partial charge in [0.15, 0.2) is 0 Å². The van der Waals surface area contributed by atoms with Crippen LogP contribution in [0.1, 0.15) is 31.9 Å². The first-order chi connectivity index (χ1) is 10.9. The molecule has 2 fully saturated rings. The van der Waals surface area contributed by atoms with Gasteiger partial charge in [-0.25, -0.2) is 13.4 Å². The van der Waals surface area contributed by atoms with Gasteiger partial charge in [-0.1, -0.05) is 6.92 Å². The van der Waals surface area contributed by atoms with Gasteiger partial charge >= 0.3 is 0 Å². The summed E-state index contributed by atoms with van der Waals surface area (Å²) < 4.78 is 37.4. The Balaban J connectivity index is 1.60. The van der Waals surface area contributed by atoms with E-state index < -0.39 is 15.6 Å². The lowest BCUT2D eigenvalue weighted by molar-refractivity contribution is -0.165. The van der Waals surface area contributed by atoms with Crippen LogP contribution in [0.5, 0.6) is 5.88 Å². The largest absolute Gasteiger partial charge is 0.473 e. The first kappa shape index (κ1) is 16.6. The third-order valence-corrected chi connectivity index (χ3v) is 6.22. The summed E-state index contributed by atoms with van der Waals surface area (Å²) in [7, 11) is -3.14. The molecule has 1 atom stereocenters. The van der Waals surface area contributed by atoms with Crippen molar-refractivity contribution >= 4 is 10.0 Å². The summed E-state index contributed by atoms with van der Waals surface area (Å²) in [6.45, 7) is 5.17. The van der Waals surface area contributed by atoms with E-state index in [0.717, 1.165) is 12.1 Å². The van der Waals surface area contributed by atoms with Crippen LogP contribution in [0.25, 0.3) is 0 Å². The second-order valence-corrected chi connectivity index (χ2v) is 8.44.